The number of hydrogen-bond donors (Lipinski definition) is 1. The first kappa shape index (κ1) is 13.1. The number of hydrazone groups is 1. The minimum absolute atomic E-state index is 0.248. The van der Waals surface area contributed by atoms with E-state index >= 15 is 0 Å². The number of aryl methyl sites for hydroxylation is 1. The molecular formula is C13H18N2O2S. The molecule has 0 saturated heterocycles. The molecule has 0 spiro atoms. The molecular weight excluding hydrogens is 248 g/mol. The Morgan fingerprint density at radius 1 is 1.28 bits per heavy atom. The fourth-order valence-electron chi connectivity index (χ4n) is 1.82. The highest BCUT2D eigenvalue weighted by atomic mass is 32.2. The van der Waals surface area contributed by atoms with Crippen molar-refractivity contribution in [3.63, 3.8) is 0 Å². The van der Waals surface area contributed by atoms with Crippen molar-refractivity contribution in [3.05, 3.63) is 29.8 Å². The van der Waals surface area contributed by atoms with Crippen LogP contribution in [-0.2, 0) is 10.0 Å². The summed E-state index contributed by atoms with van der Waals surface area (Å²) in [4.78, 5) is 2.55. The SMILES string of the molecule is C/C(=N\NS(=O)(=O)c1ccc(C)cc1)C1CCC1. The number of nitrogens with zero attached hydrogens (tertiary/aromatic N) is 1. The highest BCUT2D eigenvalue weighted by molar-refractivity contribution is 7.89. The van der Waals surface area contributed by atoms with Crippen LogP contribution in [0.4, 0.5) is 0 Å². The molecule has 0 aliphatic heterocycles. The zero-order chi connectivity index (χ0) is 13.2. The molecule has 98 valence electrons. The fourth-order valence-corrected chi connectivity index (χ4v) is 2.68. The van der Waals surface area contributed by atoms with Gasteiger partial charge in [0.25, 0.3) is 10.0 Å². The van der Waals surface area contributed by atoms with E-state index in [0.29, 0.717) is 5.92 Å². The Labute approximate surface area is 108 Å². The zero-order valence-corrected chi connectivity index (χ0v) is 11.5. The first-order chi connectivity index (χ1) is 8.49. The van der Waals surface area contributed by atoms with E-state index in [1.54, 1.807) is 24.3 Å². The number of hydrogen-bond acceptors (Lipinski definition) is 3. The van der Waals surface area contributed by atoms with Gasteiger partial charge < -0.3 is 0 Å². The molecule has 1 aliphatic carbocycles. The maximum Gasteiger partial charge on any atom is 0.276 e. The summed E-state index contributed by atoms with van der Waals surface area (Å²) in [6, 6.07) is 6.73. The molecule has 0 aromatic heterocycles. The third-order valence-corrected chi connectivity index (χ3v) is 4.59. The topological polar surface area (TPSA) is 58.5 Å². The van der Waals surface area contributed by atoms with E-state index in [9.17, 15) is 8.42 Å². The molecule has 0 unspecified atom stereocenters. The molecule has 1 fully saturated rings. The van der Waals surface area contributed by atoms with Gasteiger partial charge in [-0.15, -0.1) is 0 Å². The normalized spacial score (nSPS) is 17.3. The van der Waals surface area contributed by atoms with Gasteiger partial charge in [-0.05, 0) is 44.7 Å². The van der Waals surface area contributed by atoms with Crippen LogP contribution in [0.15, 0.2) is 34.3 Å². The van der Waals surface area contributed by atoms with Crippen LogP contribution in [0, 0.1) is 12.8 Å². The van der Waals surface area contributed by atoms with Crippen LogP contribution in [0.25, 0.3) is 0 Å². The largest absolute Gasteiger partial charge is 0.276 e. The monoisotopic (exact) mass is 266 g/mol. The van der Waals surface area contributed by atoms with Crippen molar-refractivity contribution in [1.29, 1.82) is 0 Å². The smallest absolute Gasteiger partial charge is 0.200 e. The van der Waals surface area contributed by atoms with E-state index in [1.807, 2.05) is 13.8 Å². The molecule has 5 heteroatoms. The molecule has 4 nitrogen and oxygen atoms in total. The van der Waals surface area contributed by atoms with Crippen LogP contribution in [0.2, 0.25) is 0 Å². The average molecular weight is 266 g/mol. The summed E-state index contributed by atoms with van der Waals surface area (Å²) in [5, 5.41) is 4.00. The zero-order valence-electron chi connectivity index (χ0n) is 10.7. The summed E-state index contributed by atoms with van der Waals surface area (Å²) in [5.74, 6) is 0.450. The lowest BCUT2D eigenvalue weighted by Crippen LogP contribution is -2.25. The molecule has 1 aliphatic rings. The molecule has 0 bridgehead atoms. The summed E-state index contributed by atoms with van der Waals surface area (Å²) in [6.45, 7) is 3.80. The van der Waals surface area contributed by atoms with Gasteiger partial charge in [0.15, 0.2) is 0 Å². The van der Waals surface area contributed by atoms with Crippen LogP contribution in [0.5, 0.6) is 0 Å². The Morgan fingerprint density at radius 2 is 1.89 bits per heavy atom. The lowest BCUT2D eigenvalue weighted by atomic mass is 9.82. The predicted molar refractivity (Wildman–Crippen MR) is 72.0 cm³/mol. The van der Waals surface area contributed by atoms with Crippen molar-refractivity contribution in [3.8, 4) is 0 Å². The van der Waals surface area contributed by atoms with Gasteiger partial charge in [0.05, 0.1) is 4.90 Å². The predicted octanol–water partition coefficient (Wildman–Crippen LogP) is 2.45. The highest BCUT2D eigenvalue weighted by Crippen LogP contribution is 2.27. The summed E-state index contributed by atoms with van der Waals surface area (Å²) in [6.07, 6.45) is 3.44. The number of rotatable bonds is 4. The molecule has 0 heterocycles. The highest BCUT2D eigenvalue weighted by Gasteiger charge is 2.21. The van der Waals surface area contributed by atoms with E-state index < -0.39 is 10.0 Å². The molecule has 1 aromatic rings. The quantitative estimate of drug-likeness (QED) is 0.672. The summed E-state index contributed by atoms with van der Waals surface area (Å²) in [7, 11) is -3.53. The van der Waals surface area contributed by atoms with Gasteiger partial charge in [-0.2, -0.15) is 13.5 Å². The fraction of sp³-hybridized carbons (Fsp3) is 0.462. The Balaban J connectivity index is 2.09. The van der Waals surface area contributed by atoms with Crippen molar-refractivity contribution in [2.75, 3.05) is 0 Å². The van der Waals surface area contributed by atoms with Crippen LogP contribution in [0.1, 0.15) is 31.7 Å². The molecule has 1 N–H and O–H groups in total. The first-order valence-electron chi connectivity index (χ1n) is 6.12. The molecule has 1 aromatic carbocycles. The number of sulfonamides is 1. The van der Waals surface area contributed by atoms with E-state index in [-0.39, 0.29) is 4.90 Å². The van der Waals surface area contributed by atoms with Crippen LogP contribution >= 0.6 is 0 Å². The Morgan fingerprint density at radius 3 is 2.39 bits per heavy atom. The number of benzene rings is 1. The minimum atomic E-state index is -3.53. The van der Waals surface area contributed by atoms with Crippen molar-refractivity contribution in [2.24, 2.45) is 11.0 Å². The summed E-state index contributed by atoms with van der Waals surface area (Å²) in [5.41, 5.74) is 1.90. The molecule has 18 heavy (non-hydrogen) atoms. The van der Waals surface area contributed by atoms with Gasteiger partial charge in [-0.1, -0.05) is 24.1 Å². The van der Waals surface area contributed by atoms with Gasteiger partial charge in [-0.3, -0.25) is 0 Å². The lowest BCUT2D eigenvalue weighted by molar-refractivity contribution is 0.410. The average Bonchev–Trinajstić information content (AvgIpc) is 2.25. The van der Waals surface area contributed by atoms with E-state index in [0.717, 1.165) is 24.1 Å². The van der Waals surface area contributed by atoms with Gasteiger partial charge in [0, 0.05) is 5.71 Å². The second-order valence-electron chi connectivity index (χ2n) is 4.79. The van der Waals surface area contributed by atoms with E-state index in [2.05, 4.69) is 9.93 Å². The van der Waals surface area contributed by atoms with Crippen LogP contribution < -0.4 is 4.83 Å². The second kappa shape index (κ2) is 5.10. The third-order valence-electron chi connectivity index (χ3n) is 3.37. The van der Waals surface area contributed by atoms with E-state index in [1.165, 1.54) is 6.42 Å². The standard InChI is InChI=1S/C13H18N2O2S/c1-10-6-8-13(9-7-10)18(16,17)15-14-11(2)12-4-3-5-12/h6-9,12,15H,3-5H2,1-2H3/b14-11+. The van der Waals surface area contributed by atoms with Gasteiger partial charge >= 0.3 is 0 Å². The van der Waals surface area contributed by atoms with Gasteiger partial charge in [-0.25, -0.2) is 4.83 Å². The number of nitrogens with one attached hydrogen (secondary N) is 1. The van der Waals surface area contributed by atoms with Crippen LogP contribution in [0.3, 0.4) is 0 Å². The maximum atomic E-state index is 12.0. The van der Waals surface area contributed by atoms with Gasteiger partial charge in [0.1, 0.15) is 0 Å². The molecule has 0 atom stereocenters. The Kier molecular flexibility index (Phi) is 3.71. The molecule has 0 amide bonds. The third kappa shape index (κ3) is 2.90. The van der Waals surface area contributed by atoms with Crippen molar-refractivity contribution in [2.45, 2.75) is 38.0 Å². The van der Waals surface area contributed by atoms with Crippen molar-refractivity contribution >= 4 is 15.7 Å². The lowest BCUT2D eigenvalue weighted by Gasteiger charge is -2.24. The molecule has 0 radical (unpaired) electrons. The Hall–Kier alpha value is -1.36. The molecule has 1 saturated carbocycles. The minimum Gasteiger partial charge on any atom is -0.200 e. The van der Waals surface area contributed by atoms with Crippen molar-refractivity contribution < 1.29 is 8.42 Å². The van der Waals surface area contributed by atoms with Crippen LogP contribution in [-0.4, -0.2) is 14.1 Å². The van der Waals surface area contributed by atoms with E-state index in [4.69, 9.17) is 0 Å². The maximum absolute atomic E-state index is 12.0. The Bertz CT molecular complexity index is 543. The van der Waals surface area contributed by atoms with Crippen molar-refractivity contribution in [1.82, 2.24) is 4.83 Å². The molecule has 2 rings (SSSR count). The summed E-state index contributed by atoms with van der Waals surface area (Å²) < 4.78 is 23.9. The van der Waals surface area contributed by atoms with Gasteiger partial charge in [0.2, 0.25) is 0 Å². The first-order valence-corrected chi connectivity index (χ1v) is 7.60. The second-order valence-corrected chi connectivity index (χ2v) is 6.45. The summed E-state index contributed by atoms with van der Waals surface area (Å²) >= 11 is 0.